The third-order valence-corrected chi connectivity index (χ3v) is 13.3. The van der Waals surface area contributed by atoms with Gasteiger partial charge < -0.3 is 4.90 Å². The van der Waals surface area contributed by atoms with Crippen LogP contribution < -0.4 is 4.90 Å². The first kappa shape index (κ1) is 32.0. The number of fused-ring (bicyclic) bond motifs is 7. The van der Waals surface area contributed by atoms with Crippen molar-refractivity contribution in [3.63, 3.8) is 0 Å². The summed E-state index contributed by atoms with van der Waals surface area (Å²) in [6.45, 7) is 0. The molecule has 0 N–H and O–H groups in total. The van der Waals surface area contributed by atoms with E-state index in [2.05, 4.69) is 205 Å². The molecule has 0 bridgehead atoms. The number of hydrogen-bond acceptors (Lipinski definition) is 3. The Balaban J connectivity index is 1.17. The van der Waals surface area contributed by atoms with E-state index in [0.29, 0.717) is 0 Å². The zero-order chi connectivity index (χ0) is 36.3. The number of nitrogens with zero attached hydrogens (tertiary/aromatic N) is 1. The Bertz CT molecular complexity index is 3080. The first-order valence-corrected chi connectivity index (χ1v) is 20.3. The molecule has 9 aromatic carbocycles. The van der Waals surface area contributed by atoms with E-state index in [1.807, 2.05) is 22.7 Å². The molecular weight excluding hydrogens is 703 g/mol. The average Bonchev–Trinajstić information content (AvgIpc) is 3.84. The van der Waals surface area contributed by atoms with E-state index in [1.165, 1.54) is 95.9 Å². The van der Waals surface area contributed by atoms with Crippen LogP contribution >= 0.6 is 22.7 Å². The zero-order valence-corrected chi connectivity index (χ0v) is 31.4. The van der Waals surface area contributed by atoms with Gasteiger partial charge >= 0.3 is 0 Å². The van der Waals surface area contributed by atoms with Gasteiger partial charge in [0.1, 0.15) is 0 Å². The molecule has 0 atom stereocenters. The van der Waals surface area contributed by atoms with Crippen LogP contribution in [-0.2, 0) is 0 Å². The second-order valence-corrected chi connectivity index (χ2v) is 16.1. The molecule has 2 heterocycles. The predicted molar refractivity (Wildman–Crippen MR) is 241 cm³/mol. The highest BCUT2D eigenvalue weighted by Gasteiger charge is 2.23. The number of rotatable bonds is 6. The molecule has 2 aromatic heterocycles. The quantitative estimate of drug-likeness (QED) is 0.164. The van der Waals surface area contributed by atoms with Crippen LogP contribution in [0.25, 0.3) is 84.5 Å². The van der Waals surface area contributed by atoms with Crippen molar-refractivity contribution >= 4 is 90.9 Å². The van der Waals surface area contributed by atoms with Gasteiger partial charge in [-0.1, -0.05) is 158 Å². The predicted octanol–water partition coefficient (Wildman–Crippen LogP) is 16.0. The van der Waals surface area contributed by atoms with Gasteiger partial charge in [0.05, 0.1) is 20.8 Å². The summed E-state index contributed by atoms with van der Waals surface area (Å²) in [5, 5.41) is 7.68. The summed E-state index contributed by atoms with van der Waals surface area (Å²) >= 11 is 3.76. The fraction of sp³-hybridized carbons (Fsp3) is 0. The molecule has 258 valence electrons. The molecule has 0 saturated heterocycles. The number of anilines is 3. The minimum Gasteiger partial charge on any atom is -0.308 e. The van der Waals surface area contributed by atoms with Gasteiger partial charge in [-0.2, -0.15) is 0 Å². The highest BCUT2D eigenvalue weighted by Crippen LogP contribution is 2.50. The molecule has 11 rings (SSSR count). The molecule has 0 aliphatic carbocycles. The van der Waals surface area contributed by atoms with Gasteiger partial charge in [-0.05, 0) is 86.6 Å². The van der Waals surface area contributed by atoms with E-state index in [-0.39, 0.29) is 0 Å². The summed E-state index contributed by atoms with van der Waals surface area (Å²) < 4.78 is 5.19. The maximum atomic E-state index is 2.50. The lowest BCUT2D eigenvalue weighted by Gasteiger charge is -2.27. The minimum absolute atomic E-state index is 1.13. The molecule has 0 spiro atoms. The zero-order valence-electron chi connectivity index (χ0n) is 29.8. The van der Waals surface area contributed by atoms with E-state index in [4.69, 9.17) is 0 Å². The van der Waals surface area contributed by atoms with Crippen LogP contribution in [0.2, 0.25) is 0 Å². The van der Waals surface area contributed by atoms with Crippen LogP contribution in [0.1, 0.15) is 0 Å². The molecule has 0 amide bonds. The average molecular weight is 736 g/mol. The van der Waals surface area contributed by atoms with Gasteiger partial charge in [-0.25, -0.2) is 0 Å². The Labute approximate surface area is 327 Å². The smallest absolute Gasteiger partial charge is 0.0640 e. The number of benzene rings is 9. The van der Waals surface area contributed by atoms with Crippen LogP contribution in [0.3, 0.4) is 0 Å². The van der Waals surface area contributed by atoms with Crippen LogP contribution in [0, 0.1) is 0 Å². The summed E-state index contributed by atoms with van der Waals surface area (Å²) in [7, 11) is 0. The van der Waals surface area contributed by atoms with Gasteiger partial charge in [0.25, 0.3) is 0 Å². The summed E-state index contributed by atoms with van der Waals surface area (Å²) in [6.07, 6.45) is 0. The van der Waals surface area contributed by atoms with E-state index >= 15 is 0 Å². The maximum absolute atomic E-state index is 2.50. The van der Waals surface area contributed by atoms with Crippen LogP contribution in [0.15, 0.2) is 200 Å². The third kappa shape index (κ3) is 5.27. The normalized spacial score (nSPS) is 11.6. The molecule has 0 radical (unpaired) electrons. The van der Waals surface area contributed by atoms with Crippen molar-refractivity contribution in [1.82, 2.24) is 0 Å². The lowest BCUT2D eigenvalue weighted by atomic mass is 9.84. The Morgan fingerprint density at radius 1 is 0.327 bits per heavy atom. The Kier molecular flexibility index (Phi) is 7.61. The lowest BCUT2D eigenvalue weighted by molar-refractivity contribution is 1.32. The standard InChI is InChI=1S/C52H33NS2/c1-3-15-34(16-4-1)44-33-37-19-7-8-20-39(37)49(35-17-5-2-6-18-35)50(44)36-29-31-38(32-30-36)53(45-25-13-23-42-40-21-9-11-27-47(40)54-51(42)45)46-26-14-24-43-41-22-10-12-28-48(41)55-52(43)46/h1-33H. The molecule has 0 unspecified atom stereocenters. The van der Waals surface area contributed by atoms with Crippen molar-refractivity contribution in [3.8, 4) is 33.4 Å². The number of thiophene rings is 2. The fourth-order valence-corrected chi connectivity index (χ4v) is 10.8. The molecular formula is C52H33NS2. The summed E-state index contributed by atoms with van der Waals surface area (Å²) in [4.78, 5) is 2.50. The lowest BCUT2D eigenvalue weighted by Crippen LogP contribution is -2.10. The summed E-state index contributed by atoms with van der Waals surface area (Å²) in [6, 6.07) is 73.4. The molecule has 55 heavy (non-hydrogen) atoms. The number of hydrogen-bond donors (Lipinski definition) is 0. The van der Waals surface area contributed by atoms with Gasteiger partial charge in [0.2, 0.25) is 0 Å². The second kappa shape index (κ2) is 13.1. The van der Waals surface area contributed by atoms with Crippen molar-refractivity contribution < 1.29 is 0 Å². The first-order chi connectivity index (χ1) is 27.3. The maximum Gasteiger partial charge on any atom is 0.0640 e. The first-order valence-electron chi connectivity index (χ1n) is 18.7. The molecule has 0 aliphatic heterocycles. The molecule has 0 aliphatic rings. The summed E-state index contributed by atoms with van der Waals surface area (Å²) in [5.74, 6) is 0. The molecule has 3 heteroatoms. The van der Waals surface area contributed by atoms with Crippen molar-refractivity contribution in [2.45, 2.75) is 0 Å². The third-order valence-electron chi connectivity index (χ3n) is 10.9. The van der Waals surface area contributed by atoms with E-state index < -0.39 is 0 Å². The highest BCUT2D eigenvalue weighted by atomic mass is 32.1. The monoisotopic (exact) mass is 735 g/mol. The van der Waals surface area contributed by atoms with Crippen molar-refractivity contribution in [1.29, 1.82) is 0 Å². The van der Waals surface area contributed by atoms with Crippen molar-refractivity contribution in [2.75, 3.05) is 4.90 Å². The van der Waals surface area contributed by atoms with Crippen LogP contribution in [0.4, 0.5) is 17.1 Å². The van der Waals surface area contributed by atoms with Crippen molar-refractivity contribution in [2.24, 2.45) is 0 Å². The molecule has 1 nitrogen and oxygen atoms in total. The van der Waals surface area contributed by atoms with Gasteiger partial charge in [0.15, 0.2) is 0 Å². The minimum atomic E-state index is 1.13. The highest BCUT2D eigenvalue weighted by molar-refractivity contribution is 7.27. The fourth-order valence-electron chi connectivity index (χ4n) is 8.40. The Morgan fingerprint density at radius 3 is 1.40 bits per heavy atom. The molecule has 11 aromatic rings. The Morgan fingerprint density at radius 2 is 0.800 bits per heavy atom. The topological polar surface area (TPSA) is 3.24 Å². The van der Waals surface area contributed by atoms with E-state index in [0.717, 1.165) is 5.69 Å². The van der Waals surface area contributed by atoms with Gasteiger partial charge in [-0.3, -0.25) is 0 Å². The summed E-state index contributed by atoms with van der Waals surface area (Å²) in [5.41, 5.74) is 10.8. The van der Waals surface area contributed by atoms with E-state index in [9.17, 15) is 0 Å². The molecule has 0 saturated carbocycles. The SMILES string of the molecule is c1ccc(-c2cc3ccccc3c(-c3ccccc3)c2-c2ccc(N(c3cccc4c3sc3ccccc34)c3cccc4c3sc3ccccc34)cc2)cc1. The Hall–Kier alpha value is -6.52. The van der Waals surface area contributed by atoms with Crippen molar-refractivity contribution in [3.05, 3.63) is 200 Å². The van der Waals surface area contributed by atoms with Gasteiger partial charge in [0, 0.05) is 36.6 Å². The van der Waals surface area contributed by atoms with Crippen LogP contribution in [0.5, 0.6) is 0 Å². The van der Waals surface area contributed by atoms with E-state index in [1.54, 1.807) is 0 Å². The van der Waals surface area contributed by atoms with Crippen LogP contribution in [-0.4, -0.2) is 0 Å². The molecule has 0 fully saturated rings. The van der Waals surface area contributed by atoms with Gasteiger partial charge in [-0.15, -0.1) is 22.7 Å². The second-order valence-electron chi connectivity index (χ2n) is 14.0. The largest absolute Gasteiger partial charge is 0.308 e.